The molecule has 1 aromatic carbocycles. The van der Waals surface area contributed by atoms with Crippen LogP contribution in [0.5, 0.6) is 0 Å². The Morgan fingerprint density at radius 2 is 1.87 bits per heavy atom. The molecule has 0 saturated heterocycles. The van der Waals surface area contributed by atoms with Crippen molar-refractivity contribution in [3.63, 3.8) is 0 Å². The van der Waals surface area contributed by atoms with E-state index in [2.05, 4.69) is 74.2 Å². The van der Waals surface area contributed by atoms with Gasteiger partial charge >= 0.3 is 0 Å². The number of aliphatic imine (C=N–C) groups is 1. The van der Waals surface area contributed by atoms with E-state index in [0.29, 0.717) is 18.4 Å². The van der Waals surface area contributed by atoms with Gasteiger partial charge in [-0.25, -0.2) is 4.99 Å². The van der Waals surface area contributed by atoms with Crippen LogP contribution in [-0.2, 0) is 13.1 Å². The molecule has 0 spiro atoms. The number of guanidine groups is 1. The number of nitrogens with zero attached hydrogens (tertiary/aromatic N) is 3. The maximum absolute atomic E-state index is 9.36. The lowest BCUT2D eigenvalue weighted by molar-refractivity contribution is 0.243. The number of aromatic nitrogens is 2. The second-order valence-corrected chi connectivity index (χ2v) is 8.38. The molecule has 0 aliphatic rings. The molecule has 7 heteroatoms. The Labute approximate surface area is 205 Å². The molecular weight excluding hydrogens is 501 g/mol. The third-order valence-corrected chi connectivity index (χ3v) is 5.35. The summed E-state index contributed by atoms with van der Waals surface area (Å²) in [4.78, 5) is 4.82. The van der Waals surface area contributed by atoms with E-state index < -0.39 is 0 Å². The fraction of sp³-hybridized carbons (Fsp3) is 0.583. The van der Waals surface area contributed by atoms with E-state index in [1.165, 1.54) is 11.1 Å². The van der Waals surface area contributed by atoms with Crippen molar-refractivity contribution in [3.8, 4) is 0 Å². The van der Waals surface area contributed by atoms with E-state index in [-0.39, 0.29) is 30.6 Å². The highest BCUT2D eigenvalue weighted by Gasteiger charge is 2.13. The number of hydrogen-bond acceptors (Lipinski definition) is 3. The minimum atomic E-state index is 0. The van der Waals surface area contributed by atoms with Crippen molar-refractivity contribution in [2.24, 2.45) is 16.8 Å². The second kappa shape index (κ2) is 14.5. The minimum Gasteiger partial charge on any atom is -0.396 e. The molecule has 1 heterocycles. The Bertz CT molecular complexity index is 789. The number of aliphatic hydroxyl groups is 1. The third kappa shape index (κ3) is 9.19. The summed E-state index contributed by atoms with van der Waals surface area (Å²) in [6.45, 7) is 13.9. The van der Waals surface area contributed by atoms with E-state index in [1.807, 2.05) is 6.07 Å². The van der Waals surface area contributed by atoms with Crippen molar-refractivity contribution in [3.05, 3.63) is 52.8 Å². The van der Waals surface area contributed by atoms with Crippen molar-refractivity contribution >= 4 is 29.9 Å². The smallest absolute Gasteiger partial charge is 0.191 e. The lowest BCUT2D eigenvalue weighted by atomic mass is 9.94. The number of hydrogen-bond donors (Lipinski definition) is 3. The Morgan fingerprint density at radius 3 is 2.48 bits per heavy atom. The summed E-state index contributed by atoms with van der Waals surface area (Å²) in [7, 11) is 0. The molecule has 0 aliphatic heterocycles. The zero-order chi connectivity index (χ0) is 21.9. The average Bonchev–Trinajstić information content (AvgIpc) is 2.97. The van der Waals surface area contributed by atoms with Crippen LogP contribution in [0.1, 0.15) is 56.1 Å². The van der Waals surface area contributed by atoms with E-state index in [1.54, 1.807) is 0 Å². The number of aliphatic hydroxyl groups excluding tert-OH is 1. The van der Waals surface area contributed by atoms with Crippen LogP contribution in [0.25, 0.3) is 0 Å². The Hall–Kier alpha value is -1.61. The maximum Gasteiger partial charge on any atom is 0.191 e. The summed E-state index contributed by atoms with van der Waals surface area (Å²) in [5, 5.41) is 20.9. The molecule has 1 aromatic heterocycles. The predicted octanol–water partition coefficient (Wildman–Crippen LogP) is 4.27. The summed E-state index contributed by atoms with van der Waals surface area (Å²) < 4.78 is 2.07. The van der Waals surface area contributed by atoms with Gasteiger partial charge in [-0.05, 0) is 51.0 Å². The van der Waals surface area contributed by atoms with Crippen molar-refractivity contribution in [1.82, 2.24) is 20.4 Å². The average molecular weight is 542 g/mol. The molecule has 174 valence electrons. The van der Waals surface area contributed by atoms with Crippen LogP contribution >= 0.6 is 24.0 Å². The highest BCUT2D eigenvalue weighted by molar-refractivity contribution is 14.0. The van der Waals surface area contributed by atoms with Crippen LogP contribution in [0, 0.1) is 25.7 Å². The molecule has 1 atom stereocenters. The number of rotatable bonds is 11. The van der Waals surface area contributed by atoms with Gasteiger partial charge in [-0.1, -0.05) is 44.2 Å². The van der Waals surface area contributed by atoms with Gasteiger partial charge in [-0.2, -0.15) is 5.10 Å². The van der Waals surface area contributed by atoms with Crippen LogP contribution in [0.3, 0.4) is 0 Å². The van der Waals surface area contributed by atoms with Gasteiger partial charge in [0.05, 0.1) is 18.8 Å². The molecule has 0 radical (unpaired) electrons. The van der Waals surface area contributed by atoms with Gasteiger partial charge < -0.3 is 15.7 Å². The van der Waals surface area contributed by atoms with E-state index >= 15 is 0 Å². The Kier molecular flexibility index (Phi) is 12.8. The van der Waals surface area contributed by atoms with Gasteiger partial charge in [0.25, 0.3) is 0 Å². The normalized spacial score (nSPS) is 12.5. The molecule has 0 aliphatic carbocycles. The molecule has 0 amide bonds. The summed E-state index contributed by atoms with van der Waals surface area (Å²) in [6.07, 6.45) is 1.91. The lowest BCUT2D eigenvalue weighted by Crippen LogP contribution is -2.40. The number of aryl methyl sites for hydroxylation is 1. The van der Waals surface area contributed by atoms with E-state index in [0.717, 1.165) is 49.8 Å². The molecule has 2 aromatic rings. The summed E-state index contributed by atoms with van der Waals surface area (Å²) in [6, 6.07) is 10.4. The number of benzene rings is 1. The first-order valence-corrected chi connectivity index (χ1v) is 11.1. The van der Waals surface area contributed by atoms with Crippen molar-refractivity contribution in [1.29, 1.82) is 0 Å². The number of halogens is 1. The molecule has 31 heavy (non-hydrogen) atoms. The molecule has 3 N–H and O–H groups in total. The van der Waals surface area contributed by atoms with Gasteiger partial charge in [0.1, 0.15) is 0 Å². The first-order valence-electron chi connectivity index (χ1n) is 11.1. The first kappa shape index (κ1) is 27.4. The van der Waals surface area contributed by atoms with Crippen LogP contribution in [-0.4, -0.2) is 40.5 Å². The topological polar surface area (TPSA) is 74.5 Å². The molecule has 1 unspecified atom stereocenters. The highest BCUT2D eigenvalue weighted by atomic mass is 127. The van der Waals surface area contributed by atoms with E-state index in [4.69, 9.17) is 10.1 Å². The molecule has 2 rings (SSSR count). The lowest BCUT2D eigenvalue weighted by Gasteiger charge is -2.20. The second-order valence-electron chi connectivity index (χ2n) is 8.38. The van der Waals surface area contributed by atoms with Gasteiger partial charge in [0, 0.05) is 31.0 Å². The largest absolute Gasteiger partial charge is 0.396 e. The highest BCUT2D eigenvalue weighted by Crippen LogP contribution is 2.16. The summed E-state index contributed by atoms with van der Waals surface area (Å²) in [5.74, 6) is 1.87. The zero-order valence-corrected chi connectivity index (χ0v) is 22.0. The monoisotopic (exact) mass is 541 g/mol. The SMILES string of the molecule is CCNC(=NCc1c(C)nn(Cc2ccccc2)c1C)NCC(CCO)CC(C)C.I. The van der Waals surface area contributed by atoms with Crippen molar-refractivity contribution < 1.29 is 5.11 Å². The van der Waals surface area contributed by atoms with Crippen molar-refractivity contribution in [2.45, 2.75) is 60.5 Å². The molecule has 6 nitrogen and oxygen atoms in total. The fourth-order valence-electron chi connectivity index (χ4n) is 3.77. The maximum atomic E-state index is 9.36. The predicted molar refractivity (Wildman–Crippen MR) is 140 cm³/mol. The van der Waals surface area contributed by atoms with Gasteiger partial charge in [-0.3, -0.25) is 4.68 Å². The molecule has 0 bridgehead atoms. The molecule has 0 saturated carbocycles. The van der Waals surface area contributed by atoms with Crippen LogP contribution < -0.4 is 10.6 Å². The fourth-order valence-corrected chi connectivity index (χ4v) is 3.77. The zero-order valence-electron chi connectivity index (χ0n) is 19.7. The standard InChI is InChI=1S/C24H39N5O.HI/c1-6-25-24(26-15-22(12-13-30)14-18(2)3)27-16-23-19(4)28-29(20(23)5)17-21-10-8-7-9-11-21;/h7-11,18,22,30H,6,12-17H2,1-5H3,(H2,25,26,27);1H. The summed E-state index contributed by atoms with van der Waals surface area (Å²) >= 11 is 0. The van der Waals surface area contributed by atoms with Crippen LogP contribution in [0.4, 0.5) is 0 Å². The minimum absolute atomic E-state index is 0. The van der Waals surface area contributed by atoms with E-state index in [9.17, 15) is 5.11 Å². The Morgan fingerprint density at radius 1 is 1.16 bits per heavy atom. The van der Waals surface area contributed by atoms with Crippen molar-refractivity contribution in [2.75, 3.05) is 19.7 Å². The quantitative estimate of drug-likeness (QED) is 0.226. The molecular formula is C24H40IN5O. The Balaban J connectivity index is 0.00000480. The van der Waals surface area contributed by atoms with Crippen LogP contribution in [0.2, 0.25) is 0 Å². The number of nitrogens with one attached hydrogen (secondary N) is 2. The van der Waals surface area contributed by atoms with Gasteiger partial charge in [0.2, 0.25) is 0 Å². The first-order chi connectivity index (χ1) is 14.4. The summed E-state index contributed by atoms with van der Waals surface area (Å²) in [5.41, 5.74) is 4.61. The van der Waals surface area contributed by atoms with Gasteiger partial charge in [-0.15, -0.1) is 24.0 Å². The van der Waals surface area contributed by atoms with Gasteiger partial charge in [0.15, 0.2) is 5.96 Å². The van der Waals surface area contributed by atoms with Crippen LogP contribution in [0.15, 0.2) is 35.3 Å². The molecule has 0 fully saturated rings. The third-order valence-electron chi connectivity index (χ3n) is 5.35.